The molecule has 0 saturated heterocycles. The number of rotatable bonds is 1. The van der Waals surface area contributed by atoms with Gasteiger partial charge < -0.3 is 4.42 Å². The van der Waals surface area contributed by atoms with Crippen molar-refractivity contribution in [1.29, 1.82) is 0 Å². The van der Waals surface area contributed by atoms with Gasteiger partial charge in [-0.05, 0) is 24.3 Å². The van der Waals surface area contributed by atoms with E-state index in [2.05, 4.69) is 10.3 Å². The minimum absolute atomic E-state index is 0.359. The van der Waals surface area contributed by atoms with Gasteiger partial charge in [-0.25, -0.2) is 9.48 Å². The predicted octanol–water partition coefficient (Wildman–Crippen LogP) is 2.53. The van der Waals surface area contributed by atoms with Crippen molar-refractivity contribution in [2.75, 3.05) is 0 Å². The van der Waals surface area contributed by atoms with Gasteiger partial charge in [0.25, 0.3) is 0 Å². The molecule has 0 atom stereocenters. The SMILES string of the molecule is O=c1oc2ccccc2cc1-n1nnc2ccccc21. The highest BCUT2D eigenvalue weighted by Gasteiger charge is 2.11. The molecular formula is C15H9N3O2. The van der Waals surface area contributed by atoms with Gasteiger partial charge in [0.05, 0.1) is 5.52 Å². The van der Waals surface area contributed by atoms with E-state index in [1.54, 1.807) is 12.1 Å². The van der Waals surface area contributed by atoms with Crippen LogP contribution in [0.3, 0.4) is 0 Å². The third-order valence-corrected chi connectivity index (χ3v) is 3.20. The van der Waals surface area contributed by atoms with Crippen molar-refractivity contribution in [3.05, 3.63) is 65.0 Å². The molecule has 0 N–H and O–H groups in total. The highest BCUT2D eigenvalue weighted by atomic mass is 16.4. The van der Waals surface area contributed by atoms with Crippen molar-refractivity contribution < 1.29 is 4.42 Å². The second-order valence-corrected chi connectivity index (χ2v) is 4.45. The summed E-state index contributed by atoms with van der Waals surface area (Å²) in [6.45, 7) is 0. The van der Waals surface area contributed by atoms with Crippen molar-refractivity contribution in [1.82, 2.24) is 15.0 Å². The number of para-hydroxylation sites is 2. The fourth-order valence-electron chi connectivity index (χ4n) is 2.25. The molecule has 5 nitrogen and oxygen atoms in total. The summed E-state index contributed by atoms with van der Waals surface area (Å²) in [5.74, 6) is 0. The highest BCUT2D eigenvalue weighted by Crippen LogP contribution is 2.18. The molecule has 20 heavy (non-hydrogen) atoms. The normalized spacial score (nSPS) is 11.2. The van der Waals surface area contributed by atoms with Crippen LogP contribution >= 0.6 is 0 Å². The van der Waals surface area contributed by atoms with E-state index in [1.165, 1.54) is 4.68 Å². The van der Waals surface area contributed by atoms with Gasteiger partial charge in [-0.15, -0.1) is 5.10 Å². The lowest BCUT2D eigenvalue weighted by Gasteiger charge is -2.02. The van der Waals surface area contributed by atoms with Crippen molar-refractivity contribution in [3.8, 4) is 5.69 Å². The van der Waals surface area contributed by atoms with Gasteiger partial charge in [0, 0.05) is 5.39 Å². The first-order valence-electron chi connectivity index (χ1n) is 6.17. The second-order valence-electron chi connectivity index (χ2n) is 4.45. The Labute approximate surface area is 113 Å². The summed E-state index contributed by atoms with van der Waals surface area (Å²) < 4.78 is 6.83. The molecule has 0 aliphatic heterocycles. The summed E-state index contributed by atoms with van der Waals surface area (Å²) in [4.78, 5) is 12.1. The van der Waals surface area contributed by atoms with E-state index in [9.17, 15) is 4.79 Å². The zero-order valence-corrected chi connectivity index (χ0v) is 10.4. The van der Waals surface area contributed by atoms with Gasteiger partial charge >= 0.3 is 5.63 Å². The minimum Gasteiger partial charge on any atom is -0.421 e. The fourth-order valence-corrected chi connectivity index (χ4v) is 2.25. The summed E-state index contributed by atoms with van der Waals surface area (Å²) in [5, 5.41) is 8.94. The number of fused-ring (bicyclic) bond motifs is 2. The predicted molar refractivity (Wildman–Crippen MR) is 74.9 cm³/mol. The fraction of sp³-hybridized carbons (Fsp3) is 0. The molecule has 0 spiro atoms. The Morgan fingerprint density at radius 2 is 1.80 bits per heavy atom. The van der Waals surface area contributed by atoms with Crippen molar-refractivity contribution >= 4 is 22.0 Å². The van der Waals surface area contributed by atoms with E-state index in [-0.39, 0.29) is 0 Å². The summed E-state index contributed by atoms with van der Waals surface area (Å²) in [5.41, 5.74) is 2.00. The average molecular weight is 263 g/mol. The lowest BCUT2D eigenvalue weighted by molar-refractivity contribution is 0.552. The van der Waals surface area contributed by atoms with E-state index < -0.39 is 5.63 Å². The number of hydrogen-bond acceptors (Lipinski definition) is 4. The van der Waals surface area contributed by atoms with Gasteiger partial charge in [0.1, 0.15) is 11.1 Å². The van der Waals surface area contributed by atoms with Crippen LogP contribution in [0.5, 0.6) is 0 Å². The molecule has 2 aromatic heterocycles. The van der Waals surface area contributed by atoms with Crippen LogP contribution in [0.25, 0.3) is 27.7 Å². The van der Waals surface area contributed by atoms with Crippen LogP contribution in [0.15, 0.2) is 63.8 Å². The monoisotopic (exact) mass is 263 g/mol. The summed E-state index contributed by atoms with van der Waals surface area (Å²) in [6.07, 6.45) is 0. The van der Waals surface area contributed by atoms with Crippen molar-refractivity contribution in [3.63, 3.8) is 0 Å². The average Bonchev–Trinajstić information content (AvgIpc) is 2.90. The maximum atomic E-state index is 12.1. The zero-order chi connectivity index (χ0) is 13.5. The Morgan fingerprint density at radius 3 is 2.75 bits per heavy atom. The third-order valence-electron chi connectivity index (χ3n) is 3.20. The standard InChI is InChI=1S/C15H9N3O2/c19-15-13(9-10-5-1-4-8-14(10)20-15)18-12-7-3-2-6-11(12)16-17-18/h1-9H. The molecule has 0 radical (unpaired) electrons. The molecule has 0 unspecified atom stereocenters. The Bertz CT molecular complexity index is 985. The first-order valence-corrected chi connectivity index (χ1v) is 6.17. The van der Waals surface area contributed by atoms with Crippen LogP contribution in [0.4, 0.5) is 0 Å². The Balaban J connectivity index is 2.07. The highest BCUT2D eigenvalue weighted by molar-refractivity contribution is 5.80. The molecule has 0 saturated carbocycles. The molecule has 4 aromatic rings. The summed E-state index contributed by atoms with van der Waals surface area (Å²) >= 11 is 0. The first-order chi connectivity index (χ1) is 9.83. The smallest absolute Gasteiger partial charge is 0.362 e. The van der Waals surface area contributed by atoms with E-state index >= 15 is 0 Å². The van der Waals surface area contributed by atoms with Crippen molar-refractivity contribution in [2.45, 2.75) is 0 Å². The van der Waals surface area contributed by atoms with Gasteiger partial charge in [-0.1, -0.05) is 35.5 Å². The number of benzene rings is 2. The molecule has 0 aliphatic rings. The number of nitrogens with zero attached hydrogens (tertiary/aromatic N) is 3. The van der Waals surface area contributed by atoms with E-state index in [1.807, 2.05) is 42.5 Å². The quantitative estimate of drug-likeness (QED) is 0.495. The number of hydrogen-bond donors (Lipinski definition) is 0. The van der Waals surface area contributed by atoms with E-state index in [4.69, 9.17) is 4.42 Å². The maximum absolute atomic E-state index is 12.1. The van der Waals surface area contributed by atoms with Crippen LogP contribution in [-0.4, -0.2) is 15.0 Å². The third kappa shape index (κ3) is 1.53. The molecule has 2 aromatic carbocycles. The lowest BCUT2D eigenvalue weighted by Crippen LogP contribution is -2.11. The summed E-state index contributed by atoms with van der Waals surface area (Å²) in [7, 11) is 0. The molecular weight excluding hydrogens is 254 g/mol. The van der Waals surface area contributed by atoms with Crippen LogP contribution in [0, 0.1) is 0 Å². The van der Waals surface area contributed by atoms with Crippen LogP contribution in [0.2, 0.25) is 0 Å². The van der Waals surface area contributed by atoms with E-state index in [0.717, 1.165) is 16.4 Å². The zero-order valence-electron chi connectivity index (χ0n) is 10.4. The van der Waals surface area contributed by atoms with Crippen LogP contribution in [0.1, 0.15) is 0 Å². The summed E-state index contributed by atoms with van der Waals surface area (Å²) in [6, 6.07) is 16.6. The van der Waals surface area contributed by atoms with Crippen LogP contribution in [-0.2, 0) is 0 Å². The second kappa shape index (κ2) is 4.03. The van der Waals surface area contributed by atoms with Gasteiger partial charge in [-0.3, -0.25) is 0 Å². The molecule has 0 amide bonds. The number of aromatic nitrogens is 3. The molecule has 0 bridgehead atoms. The van der Waals surface area contributed by atoms with Crippen molar-refractivity contribution in [2.24, 2.45) is 0 Å². The van der Waals surface area contributed by atoms with Crippen LogP contribution < -0.4 is 5.63 Å². The lowest BCUT2D eigenvalue weighted by atomic mass is 10.2. The first kappa shape index (κ1) is 10.9. The molecule has 2 heterocycles. The Morgan fingerprint density at radius 1 is 1.00 bits per heavy atom. The Kier molecular flexibility index (Phi) is 2.20. The molecule has 0 aliphatic carbocycles. The molecule has 96 valence electrons. The topological polar surface area (TPSA) is 60.9 Å². The minimum atomic E-state index is -0.431. The Hall–Kier alpha value is -2.95. The maximum Gasteiger partial charge on any atom is 0.362 e. The molecule has 0 fully saturated rings. The molecule has 5 heteroatoms. The van der Waals surface area contributed by atoms with Gasteiger partial charge in [-0.2, -0.15) is 0 Å². The molecule has 4 rings (SSSR count). The largest absolute Gasteiger partial charge is 0.421 e. The van der Waals surface area contributed by atoms with Gasteiger partial charge in [0.15, 0.2) is 5.69 Å². The van der Waals surface area contributed by atoms with Gasteiger partial charge in [0.2, 0.25) is 0 Å². The van der Waals surface area contributed by atoms with E-state index in [0.29, 0.717) is 11.3 Å².